The molecule has 18 heavy (non-hydrogen) atoms. The van der Waals surface area contributed by atoms with E-state index in [0.29, 0.717) is 17.1 Å². The number of thioether (sulfide) groups is 1. The quantitative estimate of drug-likeness (QED) is 0.821. The van der Waals surface area contributed by atoms with Crippen LogP contribution in [0.2, 0.25) is 0 Å². The van der Waals surface area contributed by atoms with Crippen molar-refractivity contribution in [2.24, 2.45) is 0 Å². The lowest BCUT2D eigenvalue weighted by molar-refractivity contribution is 0.0970. The monoisotopic (exact) mass is 263 g/mol. The highest BCUT2D eigenvalue weighted by Gasteiger charge is 2.36. The van der Waals surface area contributed by atoms with Crippen molar-refractivity contribution in [1.82, 2.24) is 4.90 Å². The normalized spacial score (nSPS) is 26.1. The average Bonchev–Trinajstić information content (AvgIpc) is 2.76. The summed E-state index contributed by atoms with van der Waals surface area (Å²) >= 11 is 2.04. The summed E-state index contributed by atoms with van der Waals surface area (Å²) in [6.45, 7) is 2.09. The molecule has 1 amide bonds. The van der Waals surface area contributed by atoms with E-state index in [1.807, 2.05) is 47.0 Å². The van der Waals surface area contributed by atoms with Crippen LogP contribution in [0.25, 0.3) is 0 Å². The third-order valence-electron chi connectivity index (χ3n) is 3.51. The van der Waals surface area contributed by atoms with E-state index in [9.17, 15) is 4.79 Å². The fraction of sp³-hybridized carbons (Fsp3) is 0.500. The van der Waals surface area contributed by atoms with Gasteiger partial charge in [-0.1, -0.05) is 30.3 Å². The predicted molar refractivity (Wildman–Crippen MR) is 72.6 cm³/mol. The number of nitrogens with zero attached hydrogens (tertiary/aromatic N) is 1. The van der Waals surface area contributed by atoms with Crippen LogP contribution in [0.1, 0.15) is 18.4 Å². The van der Waals surface area contributed by atoms with Crippen LogP contribution in [0.15, 0.2) is 30.3 Å². The topological polar surface area (TPSA) is 29.5 Å². The molecule has 0 saturated carbocycles. The van der Waals surface area contributed by atoms with Gasteiger partial charge in [-0.3, -0.25) is 0 Å². The van der Waals surface area contributed by atoms with Gasteiger partial charge in [0.05, 0.1) is 0 Å². The van der Waals surface area contributed by atoms with Crippen molar-refractivity contribution in [2.75, 3.05) is 13.1 Å². The average molecular weight is 263 g/mol. The first-order valence-corrected chi connectivity index (χ1v) is 7.36. The van der Waals surface area contributed by atoms with E-state index in [1.165, 1.54) is 12.8 Å². The second-order valence-electron chi connectivity index (χ2n) is 4.90. The lowest BCUT2D eigenvalue weighted by Gasteiger charge is -2.30. The van der Waals surface area contributed by atoms with Crippen LogP contribution in [0.3, 0.4) is 0 Å². The molecule has 0 spiro atoms. The van der Waals surface area contributed by atoms with Gasteiger partial charge in [-0.2, -0.15) is 11.8 Å². The van der Waals surface area contributed by atoms with E-state index >= 15 is 0 Å². The number of hydrogen-bond acceptors (Lipinski definition) is 3. The lowest BCUT2D eigenvalue weighted by Crippen LogP contribution is -2.42. The summed E-state index contributed by atoms with van der Waals surface area (Å²) in [4.78, 5) is 13.9. The van der Waals surface area contributed by atoms with Gasteiger partial charge in [0.1, 0.15) is 6.61 Å². The number of hydrogen-bond donors (Lipinski definition) is 0. The van der Waals surface area contributed by atoms with E-state index in [2.05, 4.69) is 0 Å². The predicted octanol–water partition coefficient (Wildman–Crippen LogP) is 2.90. The molecule has 4 heteroatoms. The minimum Gasteiger partial charge on any atom is -0.445 e. The molecule has 1 aromatic carbocycles. The van der Waals surface area contributed by atoms with E-state index in [4.69, 9.17) is 4.74 Å². The number of likely N-dealkylation sites (tertiary alicyclic amines) is 1. The Morgan fingerprint density at radius 1 is 1.22 bits per heavy atom. The maximum Gasteiger partial charge on any atom is 0.410 e. The Hall–Kier alpha value is -1.16. The number of amides is 1. The lowest BCUT2D eigenvalue weighted by atomic mass is 10.2. The van der Waals surface area contributed by atoms with Gasteiger partial charge in [-0.25, -0.2) is 4.79 Å². The Balaban J connectivity index is 1.53. The fourth-order valence-electron chi connectivity index (χ4n) is 2.57. The van der Waals surface area contributed by atoms with Gasteiger partial charge >= 0.3 is 6.09 Å². The van der Waals surface area contributed by atoms with Crippen molar-refractivity contribution >= 4 is 17.9 Å². The zero-order valence-electron chi connectivity index (χ0n) is 10.2. The number of benzene rings is 1. The Labute approximate surface area is 111 Å². The minimum atomic E-state index is -0.156. The van der Waals surface area contributed by atoms with Crippen molar-refractivity contribution in [2.45, 2.75) is 29.9 Å². The van der Waals surface area contributed by atoms with Crippen molar-refractivity contribution in [3.63, 3.8) is 0 Å². The van der Waals surface area contributed by atoms with Crippen LogP contribution in [0.4, 0.5) is 4.79 Å². The molecule has 0 N–H and O–H groups in total. The van der Waals surface area contributed by atoms with Gasteiger partial charge in [0, 0.05) is 23.6 Å². The Morgan fingerprint density at radius 3 is 2.56 bits per heavy atom. The van der Waals surface area contributed by atoms with Crippen LogP contribution in [-0.2, 0) is 11.3 Å². The maximum absolute atomic E-state index is 12.0. The number of carbonyl (C=O) groups excluding carboxylic acids is 1. The van der Waals surface area contributed by atoms with E-state index in [1.54, 1.807) is 0 Å². The molecule has 2 aliphatic heterocycles. The van der Waals surface area contributed by atoms with Gasteiger partial charge in [-0.05, 0) is 18.4 Å². The van der Waals surface area contributed by atoms with Crippen LogP contribution in [-0.4, -0.2) is 34.6 Å². The zero-order chi connectivity index (χ0) is 12.4. The highest BCUT2D eigenvalue weighted by molar-refractivity contribution is 8.00. The molecule has 3 nitrogen and oxygen atoms in total. The Morgan fingerprint density at radius 2 is 1.89 bits per heavy atom. The van der Waals surface area contributed by atoms with Gasteiger partial charge in [-0.15, -0.1) is 0 Å². The third kappa shape index (κ3) is 2.64. The van der Waals surface area contributed by atoms with Gasteiger partial charge in [0.15, 0.2) is 0 Å². The molecule has 2 heterocycles. The number of rotatable bonds is 2. The van der Waals surface area contributed by atoms with Crippen molar-refractivity contribution < 1.29 is 9.53 Å². The molecular weight excluding hydrogens is 246 g/mol. The molecule has 2 aliphatic rings. The van der Waals surface area contributed by atoms with Crippen molar-refractivity contribution in [3.05, 3.63) is 35.9 Å². The summed E-state index contributed by atoms with van der Waals surface area (Å²) in [5.74, 6) is 0. The summed E-state index contributed by atoms with van der Waals surface area (Å²) < 4.78 is 5.37. The zero-order valence-corrected chi connectivity index (χ0v) is 11.1. The third-order valence-corrected chi connectivity index (χ3v) is 5.05. The molecule has 0 aliphatic carbocycles. The molecule has 2 fully saturated rings. The van der Waals surface area contributed by atoms with Crippen molar-refractivity contribution in [1.29, 1.82) is 0 Å². The second kappa shape index (κ2) is 5.22. The summed E-state index contributed by atoms with van der Waals surface area (Å²) in [6.07, 6.45) is 2.34. The van der Waals surface area contributed by atoms with E-state index in [0.717, 1.165) is 18.7 Å². The summed E-state index contributed by atoms with van der Waals surface area (Å²) in [6, 6.07) is 9.83. The molecule has 0 radical (unpaired) electrons. The molecule has 3 rings (SSSR count). The van der Waals surface area contributed by atoms with Crippen molar-refractivity contribution in [3.8, 4) is 0 Å². The van der Waals surface area contributed by atoms with Crippen LogP contribution >= 0.6 is 11.8 Å². The Kier molecular flexibility index (Phi) is 3.46. The highest BCUT2D eigenvalue weighted by Crippen LogP contribution is 2.38. The first-order valence-electron chi connectivity index (χ1n) is 6.42. The molecule has 96 valence electrons. The van der Waals surface area contributed by atoms with Crippen LogP contribution < -0.4 is 0 Å². The number of carbonyl (C=O) groups is 1. The largest absolute Gasteiger partial charge is 0.445 e. The second-order valence-corrected chi connectivity index (χ2v) is 6.51. The molecular formula is C14H17NO2S. The molecule has 0 aromatic heterocycles. The van der Waals surface area contributed by atoms with Crippen LogP contribution in [0.5, 0.6) is 0 Å². The van der Waals surface area contributed by atoms with E-state index < -0.39 is 0 Å². The molecule has 2 atom stereocenters. The summed E-state index contributed by atoms with van der Waals surface area (Å²) in [7, 11) is 0. The van der Waals surface area contributed by atoms with Gasteiger partial charge < -0.3 is 9.64 Å². The molecule has 1 aromatic rings. The fourth-order valence-corrected chi connectivity index (χ4v) is 4.20. The standard InChI is InChI=1S/C14H17NO2S/c16-14(17-10-11-4-2-1-3-5-11)15-8-12-6-7-13(9-15)18-12/h1-5,12-13H,6-10H2. The SMILES string of the molecule is O=C(OCc1ccccc1)N1CC2CCC(C1)S2. The number of fused-ring (bicyclic) bond motifs is 2. The van der Waals surface area contributed by atoms with Gasteiger partial charge in [0.2, 0.25) is 0 Å². The minimum absolute atomic E-state index is 0.156. The highest BCUT2D eigenvalue weighted by atomic mass is 32.2. The molecule has 2 bridgehead atoms. The molecule has 2 saturated heterocycles. The van der Waals surface area contributed by atoms with Crippen LogP contribution in [0, 0.1) is 0 Å². The van der Waals surface area contributed by atoms with Gasteiger partial charge in [0.25, 0.3) is 0 Å². The summed E-state index contributed by atoms with van der Waals surface area (Å²) in [5, 5.41) is 1.26. The number of ether oxygens (including phenoxy) is 1. The summed E-state index contributed by atoms with van der Waals surface area (Å²) in [5.41, 5.74) is 1.04. The smallest absolute Gasteiger partial charge is 0.410 e. The first kappa shape index (κ1) is 11.9. The molecule has 2 unspecified atom stereocenters. The first-order chi connectivity index (χ1) is 8.81. The Bertz CT molecular complexity index is 411. The van der Waals surface area contributed by atoms with E-state index in [-0.39, 0.29) is 6.09 Å². The maximum atomic E-state index is 12.0.